The Morgan fingerprint density at radius 1 is 1.16 bits per heavy atom. The summed E-state index contributed by atoms with van der Waals surface area (Å²) in [6.07, 6.45) is -5.94. The van der Waals surface area contributed by atoms with E-state index in [9.17, 15) is 48.3 Å². The van der Waals surface area contributed by atoms with E-state index in [2.05, 4.69) is 34.4 Å². The maximum atomic E-state index is 12.5. The summed E-state index contributed by atoms with van der Waals surface area (Å²) in [4.78, 5) is 62.2. The standard InChI is InChI=1S/C20H36N7O15P3/c1-4-22-12(28)5-6-23-19(30)20(2,3)8-39-45(36,37)42-44(34,35)38-7-11-15(41-43(31,32)33)14(29)18(40-11)27-10-26-13-16(21)24-9-25-17(13)27/h9-11,14-15,18-19,23,29-30H,4-8H2,1-3H3,(H,22,28)(H,34,35)(H,36,37)(H2,21,24,25)(H2,31,32,33). The van der Waals surface area contributed by atoms with Crippen molar-refractivity contribution in [1.82, 2.24) is 30.2 Å². The van der Waals surface area contributed by atoms with E-state index < -0.39 is 72.9 Å². The molecule has 1 saturated heterocycles. The molecular formula is C20H36N7O15P3. The lowest BCUT2D eigenvalue weighted by Gasteiger charge is -2.31. The fourth-order valence-electron chi connectivity index (χ4n) is 3.98. The fraction of sp³-hybridized carbons (Fsp3) is 0.700. The van der Waals surface area contributed by atoms with Gasteiger partial charge in [-0.05, 0) is 6.92 Å². The Morgan fingerprint density at radius 2 is 1.82 bits per heavy atom. The van der Waals surface area contributed by atoms with Crippen molar-refractivity contribution in [3.8, 4) is 0 Å². The monoisotopic (exact) mass is 707 g/mol. The van der Waals surface area contributed by atoms with Crippen molar-refractivity contribution in [2.45, 2.75) is 58.0 Å². The molecule has 1 aliphatic heterocycles. The lowest BCUT2D eigenvalue weighted by atomic mass is 9.92. The number of phosphoric acid groups is 3. The predicted molar refractivity (Wildman–Crippen MR) is 150 cm³/mol. The molecule has 7 unspecified atom stereocenters. The van der Waals surface area contributed by atoms with Gasteiger partial charge in [-0.1, -0.05) is 13.8 Å². The third kappa shape index (κ3) is 10.5. The van der Waals surface area contributed by atoms with E-state index in [0.717, 1.165) is 17.2 Å². The smallest absolute Gasteiger partial charge is 0.386 e. The van der Waals surface area contributed by atoms with Crippen LogP contribution in [0.15, 0.2) is 12.7 Å². The van der Waals surface area contributed by atoms with Crippen LogP contribution >= 0.6 is 23.5 Å². The number of ether oxygens (including phenoxy) is 1. The minimum atomic E-state index is -5.46. The molecule has 3 heterocycles. The van der Waals surface area contributed by atoms with Crippen LogP contribution < -0.4 is 16.4 Å². The summed E-state index contributed by atoms with van der Waals surface area (Å²) in [5, 5.41) is 26.4. The van der Waals surface area contributed by atoms with Gasteiger partial charge in [0.2, 0.25) is 5.91 Å². The highest BCUT2D eigenvalue weighted by Gasteiger charge is 2.50. The zero-order valence-electron chi connectivity index (χ0n) is 24.1. The first-order valence-corrected chi connectivity index (χ1v) is 17.6. The quantitative estimate of drug-likeness (QED) is 0.0692. The molecule has 3 rings (SSSR count). The maximum absolute atomic E-state index is 12.5. The Kier molecular flexibility index (Phi) is 12.4. The summed E-state index contributed by atoms with van der Waals surface area (Å²) in [6, 6.07) is 0. The number of nitrogens with two attached hydrogens (primary N) is 1. The highest BCUT2D eigenvalue weighted by molar-refractivity contribution is 7.61. The largest absolute Gasteiger partial charge is 0.481 e. The minimum absolute atomic E-state index is 0.0197. The van der Waals surface area contributed by atoms with Gasteiger partial charge in [0.25, 0.3) is 0 Å². The number of aliphatic hydroxyl groups excluding tert-OH is 2. The minimum Gasteiger partial charge on any atom is -0.386 e. The highest BCUT2D eigenvalue weighted by Crippen LogP contribution is 2.61. The van der Waals surface area contributed by atoms with Gasteiger partial charge >= 0.3 is 23.5 Å². The lowest BCUT2D eigenvalue weighted by Crippen LogP contribution is -2.45. The summed E-state index contributed by atoms with van der Waals surface area (Å²) in [6.45, 7) is 3.34. The van der Waals surface area contributed by atoms with Gasteiger partial charge in [0.05, 0.1) is 19.5 Å². The second kappa shape index (κ2) is 14.8. The van der Waals surface area contributed by atoms with Gasteiger partial charge < -0.3 is 45.6 Å². The average Bonchev–Trinajstić information content (AvgIpc) is 3.47. The molecule has 0 spiro atoms. The number of carbonyl (C=O) groups is 1. The zero-order valence-corrected chi connectivity index (χ0v) is 26.8. The number of phosphoric ester groups is 3. The van der Waals surface area contributed by atoms with Crippen molar-refractivity contribution in [3.63, 3.8) is 0 Å². The first-order chi connectivity index (χ1) is 20.8. The molecule has 7 atom stereocenters. The number of anilines is 1. The molecule has 45 heavy (non-hydrogen) atoms. The predicted octanol–water partition coefficient (Wildman–Crippen LogP) is -1.14. The number of imidazole rings is 1. The van der Waals surface area contributed by atoms with E-state index in [4.69, 9.17) is 19.5 Å². The Bertz CT molecular complexity index is 1470. The molecule has 0 saturated carbocycles. The number of hydrogen-bond acceptors (Lipinski definition) is 16. The number of amides is 1. The van der Waals surface area contributed by atoms with Crippen LogP contribution in [0.25, 0.3) is 11.2 Å². The first kappa shape index (κ1) is 37.5. The molecule has 1 amide bonds. The first-order valence-electron chi connectivity index (χ1n) is 13.1. The van der Waals surface area contributed by atoms with Gasteiger partial charge in [0, 0.05) is 24.9 Å². The molecule has 25 heteroatoms. The van der Waals surface area contributed by atoms with E-state index in [0.29, 0.717) is 6.54 Å². The second-order valence-corrected chi connectivity index (χ2v) is 14.6. The van der Waals surface area contributed by atoms with Crippen molar-refractivity contribution in [2.24, 2.45) is 5.41 Å². The van der Waals surface area contributed by atoms with Crippen LogP contribution in [0.4, 0.5) is 5.82 Å². The third-order valence-electron chi connectivity index (χ3n) is 6.24. The number of hydrogen-bond donors (Lipinski definition) is 9. The molecule has 0 radical (unpaired) electrons. The molecule has 0 aromatic carbocycles. The van der Waals surface area contributed by atoms with Crippen LogP contribution in [0.2, 0.25) is 0 Å². The Hall–Kier alpha value is -1.97. The number of rotatable bonds is 17. The van der Waals surface area contributed by atoms with Crippen LogP contribution in [0.5, 0.6) is 0 Å². The molecule has 1 fully saturated rings. The molecule has 0 aliphatic carbocycles. The van der Waals surface area contributed by atoms with Gasteiger partial charge in [0.15, 0.2) is 17.7 Å². The molecule has 2 aromatic rings. The zero-order chi connectivity index (χ0) is 33.8. The maximum Gasteiger partial charge on any atom is 0.481 e. The van der Waals surface area contributed by atoms with Crippen molar-refractivity contribution < 1.29 is 70.9 Å². The SMILES string of the molecule is CCNC(=O)CCNC(O)C(C)(C)COP(=O)(O)OP(=O)(O)OCC1OC(n2cnc3c(N)ncnc32)C(O)C1OP(=O)(O)O. The average molecular weight is 707 g/mol. The number of aromatic nitrogens is 4. The van der Waals surface area contributed by atoms with Crippen LogP contribution in [-0.2, 0) is 41.1 Å². The summed E-state index contributed by atoms with van der Waals surface area (Å²) >= 11 is 0. The van der Waals surface area contributed by atoms with Crippen LogP contribution in [0, 0.1) is 5.41 Å². The van der Waals surface area contributed by atoms with E-state index in [-0.39, 0.29) is 35.9 Å². The molecule has 10 N–H and O–H groups in total. The number of nitrogen functional groups attached to an aromatic ring is 1. The Morgan fingerprint density at radius 3 is 2.47 bits per heavy atom. The molecule has 256 valence electrons. The van der Waals surface area contributed by atoms with Crippen LogP contribution in [-0.4, -0.2) is 106 Å². The summed E-state index contributed by atoms with van der Waals surface area (Å²) in [7, 11) is -16.1. The second-order valence-electron chi connectivity index (χ2n) is 10.3. The Balaban J connectivity index is 1.63. The molecule has 0 bridgehead atoms. The van der Waals surface area contributed by atoms with Gasteiger partial charge in [-0.15, -0.1) is 0 Å². The molecule has 22 nitrogen and oxygen atoms in total. The third-order valence-corrected chi connectivity index (χ3v) is 9.34. The van der Waals surface area contributed by atoms with Gasteiger partial charge in [-0.25, -0.2) is 28.6 Å². The number of aliphatic hydroxyl groups is 2. The van der Waals surface area contributed by atoms with Gasteiger partial charge in [-0.3, -0.25) is 28.2 Å². The number of carbonyl (C=O) groups excluding carboxylic acids is 1. The van der Waals surface area contributed by atoms with Gasteiger partial charge in [0.1, 0.15) is 36.4 Å². The Labute approximate surface area is 255 Å². The normalized spacial score (nSPS) is 24.3. The molecule has 1 aliphatic rings. The molecular weight excluding hydrogens is 671 g/mol. The van der Waals surface area contributed by atoms with E-state index in [1.54, 1.807) is 6.92 Å². The lowest BCUT2D eigenvalue weighted by molar-refractivity contribution is -0.121. The highest BCUT2D eigenvalue weighted by atomic mass is 31.3. The van der Waals surface area contributed by atoms with Crippen LogP contribution in [0.1, 0.15) is 33.4 Å². The summed E-state index contributed by atoms with van der Waals surface area (Å²) in [5.41, 5.74) is 4.65. The summed E-state index contributed by atoms with van der Waals surface area (Å²) < 4.78 is 61.7. The number of nitrogens with zero attached hydrogens (tertiary/aromatic N) is 4. The van der Waals surface area contributed by atoms with Crippen molar-refractivity contribution in [1.29, 1.82) is 0 Å². The van der Waals surface area contributed by atoms with Crippen molar-refractivity contribution in [3.05, 3.63) is 12.7 Å². The van der Waals surface area contributed by atoms with E-state index >= 15 is 0 Å². The van der Waals surface area contributed by atoms with E-state index in [1.165, 1.54) is 13.8 Å². The fourth-order valence-corrected chi connectivity index (χ4v) is 6.81. The number of nitrogens with one attached hydrogen (secondary N) is 2. The number of fused-ring (bicyclic) bond motifs is 1. The topological polar surface area (TPSA) is 329 Å². The molecule has 2 aromatic heterocycles. The van der Waals surface area contributed by atoms with E-state index in [1.807, 2.05) is 0 Å². The van der Waals surface area contributed by atoms with Crippen molar-refractivity contribution >= 4 is 46.4 Å². The van der Waals surface area contributed by atoms with Gasteiger partial charge in [-0.2, -0.15) is 4.31 Å². The summed E-state index contributed by atoms with van der Waals surface area (Å²) in [5.74, 6) is -0.283. The van der Waals surface area contributed by atoms with Crippen molar-refractivity contribution in [2.75, 3.05) is 32.0 Å². The van der Waals surface area contributed by atoms with Crippen LogP contribution in [0.3, 0.4) is 0 Å².